The maximum atomic E-state index is 5.15. The van der Waals surface area contributed by atoms with Gasteiger partial charge >= 0.3 is 0 Å². The van der Waals surface area contributed by atoms with Crippen LogP contribution in [0.3, 0.4) is 0 Å². The molecule has 1 aromatic carbocycles. The van der Waals surface area contributed by atoms with Crippen molar-refractivity contribution in [3.8, 4) is 0 Å². The van der Waals surface area contributed by atoms with Crippen LogP contribution in [0.25, 0.3) is 0 Å². The first kappa shape index (κ1) is 16.5. The lowest BCUT2D eigenvalue weighted by Crippen LogP contribution is -2.25. The molecule has 1 atom stereocenters. The fourth-order valence-corrected chi connectivity index (χ4v) is 3.84. The molecule has 0 saturated heterocycles. The lowest BCUT2D eigenvalue weighted by Gasteiger charge is -2.21. The Morgan fingerprint density at radius 2 is 1.67 bits per heavy atom. The molecule has 0 spiro atoms. The van der Waals surface area contributed by atoms with Gasteiger partial charge in [0, 0.05) is 13.2 Å². The first-order chi connectivity index (χ1) is 9.86. The average molecular weight is 289 g/mol. The highest BCUT2D eigenvalue weighted by Crippen LogP contribution is 2.72. The second kappa shape index (κ2) is 6.10. The van der Waals surface area contributed by atoms with Crippen LogP contribution in [-0.4, -0.2) is 20.3 Å². The van der Waals surface area contributed by atoms with Crippen LogP contribution in [0.1, 0.15) is 51.8 Å². The topological polar surface area (TPSA) is 21.3 Å². The Labute approximate surface area is 130 Å². The molecule has 1 aliphatic rings. The summed E-state index contributed by atoms with van der Waals surface area (Å²) in [5.41, 5.74) is 3.56. The number of hydrogen-bond acceptors (Lipinski definition) is 2. The normalized spacial score (nSPS) is 21.2. The highest BCUT2D eigenvalue weighted by molar-refractivity contribution is 5.30. The maximum absolute atomic E-state index is 5.15. The van der Waals surface area contributed by atoms with Gasteiger partial charge in [-0.25, -0.2) is 0 Å². The first-order valence-electron chi connectivity index (χ1n) is 8.17. The van der Waals surface area contributed by atoms with Crippen molar-refractivity contribution in [1.29, 1.82) is 0 Å². The molecule has 1 aromatic rings. The standard InChI is InChI=1S/C19H31NO/c1-7-20-16(17-18(2,3)19(17,4)5)15-10-8-14(9-11-15)12-13-21-6/h8-11,16-17,20H,7,12-13H2,1-6H3. The Morgan fingerprint density at radius 3 is 2.10 bits per heavy atom. The zero-order valence-corrected chi connectivity index (χ0v) is 14.5. The van der Waals surface area contributed by atoms with Crippen molar-refractivity contribution < 1.29 is 4.74 Å². The molecule has 0 amide bonds. The zero-order valence-electron chi connectivity index (χ0n) is 14.5. The number of nitrogens with one attached hydrogen (secondary N) is 1. The minimum absolute atomic E-state index is 0.397. The molecule has 0 aromatic heterocycles. The summed E-state index contributed by atoms with van der Waals surface area (Å²) in [6, 6.07) is 9.55. The predicted octanol–water partition coefficient (Wildman–Crippen LogP) is 4.21. The number of ether oxygens (including phenoxy) is 1. The van der Waals surface area contributed by atoms with E-state index in [1.54, 1.807) is 7.11 Å². The fourth-order valence-electron chi connectivity index (χ4n) is 3.84. The van der Waals surface area contributed by atoms with E-state index >= 15 is 0 Å². The minimum atomic E-state index is 0.397. The number of rotatable bonds is 7. The molecule has 2 nitrogen and oxygen atoms in total. The first-order valence-corrected chi connectivity index (χ1v) is 8.17. The van der Waals surface area contributed by atoms with Gasteiger partial charge in [-0.05, 0) is 40.8 Å². The molecule has 1 N–H and O–H groups in total. The highest BCUT2D eigenvalue weighted by Gasteiger charge is 2.67. The van der Waals surface area contributed by atoms with E-state index in [1.165, 1.54) is 11.1 Å². The third-order valence-electron chi connectivity index (χ3n) is 5.82. The predicted molar refractivity (Wildman–Crippen MR) is 89.5 cm³/mol. The Bertz CT molecular complexity index is 447. The van der Waals surface area contributed by atoms with Crippen molar-refractivity contribution in [1.82, 2.24) is 5.32 Å². The number of hydrogen-bond donors (Lipinski definition) is 1. The van der Waals surface area contributed by atoms with Gasteiger partial charge in [0.15, 0.2) is 0 Å². The van der Waals surface area contributed by atoms with Crippen LogP contribution in [0, 0.1) is 16.7 Å². The van der Waals surface area contributed by atoms with Gasteiger partial charge < -0.3 is 10.1 Å². The van der Waals surface area contributed by atoms with Crippen LogP contribution in [0.2, 0.25) is 0 Å². The molecule has 0 aliphatic heterocycles. The van der Waals surface area contributed by atoms with E-state index in [-0.39, 0.29) is 0 Å². The molecule has 2 heteroatoms. The van der Waals surface area contributed by atoms with E-state index in [9.17, 15) is 0 Å². The van der Waals surface area contributed by atoms with Crippen molar-refractivity contribution in [2.75, 3.05) is 20.3 Å². The molecule has 1 fully saturated rings. The quantitative estimate of drug-likeness (QED) is 0.812. The maximum Gasteiger partial charge on any atom is 0.0502 e. The summed E-state index contributed by atoms with van der Waals surface area (Å²) in [5.74, 6) is 0.690. The average Bonchev–Trinajstić information content (AvgIpc) is 2.85. The summed E-state index contributed by atoms with van der Waals surface area (Å²) in [5, 5.41) is 3.71. The second-order valence-electron chi connectivity index (χ2n) is 7.44. The van der Waals surface area contributed by atoms with Crippen molar-refractivity contribution >= 4 is 0 Å². The van der Waals surface area contributed by atoms with E-state index < -0.39 is 0 Å². The van der Waals surface area contributed by atoms with Crippen molar-refractivity contribution in [3.63, 3.8) is 0 Å². The van der Waals surface area contributed by atoms with Crippen molar-refractivity contribution in [3.05, 3.63) is 35.4 Å². The highest BCUT2D eigenvalue weighted by atomic mass is 16.5. The Balaban J connectivity index is 2.16. The van der Waals surface area contributed by atoms with E-state index in [0.717, 1.165) is 19.6 Å². The smallest absolute Gasteiger partial charge is 0.0502 e. The Morgan fingerprint density at radius 1 is 1.10 bits per heavy atom. The van der Waals surface area contributed by atoms with Crippen LogP contribution in [-0.2, 0) is 11.2 Å². The molecule has 1 aliphatic carbocycles. The summed E-state index contributed by atoms with van der Waals surface area (Å²) in [6.45, 7) is 13.6. The van der Waals surface area contributed by atoms with Gasteiger partial charge in [-0.3, -0.25) is 0 Å². The molecule has 0 heterocycles. The van der Waals surface area contributed by atoms with Gasteiger partial charge in [0.25, 0.3) is 0 Å². The largest absolute Gasteiger partial charge is 0.384 e. The van der Waals surface area contributed by atoms with Gasteiger partial charge in [-0.1, -0.05) is 58.9 Å². The van der Waals surface area contributed by atoms with E-state index in [1.807, 2.05) is 0 Å². The van der Waals surface area contributed by atoms with Crippen LogP contribution in [0.15, 0.2) is 24.3 Å². The van der Waals surface area contributed by atoms with Gasteiger partial charge in [0.2, 0.25) is 0 Å². The SMILES string of the molecule is CCNC(c1ccc(CCOC)cc1)C1C(C)(C)C1(C)C. The number of benzene rings is 1. The van der Waals surface area contributed by atoms with Crippen LogP contribution < -0.4 is 5.32 Å². The summed E-state index contributed by atoms with van der Waals surface area (Å²) >= 11 is 0. The fraction of sp³-hybridized carbons (Fsp3) is 0.684. The van der Waals surface area contributed by atoms with E-state index in [2.05, 4.69) is 64.2 Å². The van der Waals surface area contributed by atoms with Gasteiger partial charge in [-0.15, -0.1) is 0 Å². The Hall–Kier alpha value is -0.860. The summed E-state index contributed by atoms with van der Waals surface area (Å²) in [4.78, 5) is 0. The van der Waals surface area contributed by atoms with E-state index in [4.69, 9.17) is 4.74 Å². The summed E-state index contributed by atoms with van der Waals surface area (Å²) < 4.78 is 5.15. The third kappa shape index (κ3) is 3.02. The van der Waals surface area contributed by atoms with Gasteiger partial charge in [0.05, 0.1) is 6.61 Å². The molecule has 1 unspecified atom stereocenters. The lowest BCUT2D eigenvalue weighted by molar-refractivity contribution is 0.202. The van der Waals surface area contributed by atoms with Crippen molar-refractivity contribution in [2.45, 2.75) is 47.1 Å². The molecular formula is C19H31NO. The molecular weight excluding hydrogens is 258 g/mol. The van der Waals surface area contributed by atoms with Crippen molar-refractivity contribution in [2.24, 2.45) is 16.7 Å². The Kier molecular flexibility index (Phi) is 4.79. The second-order valence-corrected chi connectivity index (χ2v) is 7.44. The van der Waals surface area contributed by atoms with Crippen LogP contribution >= 0.6 is 0 Å². The summed E-state index contributed by atoms with van der Waals surface area (Å²) in [7, 11) is 1.76. The molecule has 2 rings (SSSR count). The summed E-state index contributed by atoms with van der Waals surface area (Å²) in [6.07, 6.45) is 0.989. The molecule has 0 radical (unpaired) electrons. The monoisotopic (exact) mass is 289 g/mol. The number of methoxy groups -OCH3 is 1. The lowest BCUT2D eigenvalue weighted by atomic mass is 9.95. The van der Waals surface area contributed by atoms with Gasteiger partial charge in [-0.2, -0.15) is 0 Å². The molecule has 1 saturated carbocycles. The minimum Gasteiger partial charge on any atom is -0.384 e. The molecule has 0 bridgehead atoms. The molecule has 21 heavy (non-hydrogen) atoms. The van der Waals surface area contributed by atoms with Crippen LogP contribution in [0.5, 0.6) is 0 Å². The van der Waals surface area contributed by atoms with Crippen LogP contribution in [0.4, 0.5) is 0 Å². The van der Waals surface area contributed by atoms with Gasteiger partial charge in [0.1, 0.15) is 0 Å². The molecule has 118 valence electrons. The van der Waals surface area contributed by atoms with E-state index in [0.29, 0.717) is 22.8 Å². The third-order valence-corrected chi connectivity index (χ3v) is 5.82. The zero-order chi connectivity index (χ0) is 15.7.